The second kappa shape index (κ2) is 5.35. The molecule has 2 aromatic heterocycles. The second-order valence-corrected chi connectivity index (χ2v) is 3.69. The normalized spacial score (nSPS) is 12.1. The minimum atomic E-state index is -0.315. The molecule has 0 bridgehead atoms. The van der Waals surface area contributed by atoms with Crippen LogP contribution in [0, 0.1) is 0 Å². The summed E-state index contributed by atoms with van der Waals surface area (Å²) in [6.45, 7) is 2.01. The van der Waals surface area contributed by atoms with Crippen LogP contribution in [0.4, 0.5) is 5.82 Å². The van der Waals surface area contributed by atoms with Gasteiger partial charge in [-0.25, -0.2) is 9.97 Å². The molecule has 0 saturated carbocycles. The third-order valence-electron chi connectivity index (χ3n) is 2.58. The minimum Gasteiger partial charge on any atom is -0.489 e. The molecule has 7 heteroatoms. The number of nitrogens with one attached hydrogen (secondary N) is 3. The average molecular weight is 249 g/mol. The zero-order valence-electron chi connectivity index (χ0n) is 10.2. The maximum absolute atomic E-state index is 11.5. The van der Waals surface area contributed by atoms with Gasteiger partial charge in [0.1, 0.15) is 5.82 Å². The first-order chi connectivity index (χ1) is 8.76. The van der Waals surface area contributed by atoms with Crippen molar-refractivity contribution in [2.75, 3.05) is 12.4 Å². The van der Waals surface area contributed by atoms with Gasteiger partial charge in [0.05, 0.1) is 19.5 Å². The van der Waals surface area contributed by atoms with Crippen molar-refractivity contribution >= 4 is 5.82 Å². The molecule has 2 rings (SSSR count). The van der Waals surface area contributed by atoms with Crippen LogP contribution in [0.5, 0.6) is 5.75 Å². The molecule has 0 radical (unpaired) electrons. The third kappa shape index (κ3) is 2.34. The molecule has 0 aliphatic carbocycles. The Balaban J connectivity index is 2.28. The van der Waals surface area contributed by atoms with Crippen molar-refractivity contribution in [2.45, 2.75) is 19.4 Å². The fourth-order valence-corrected chi connectivity index (χ4v) is 1.68. The van der Waals surface area contributed by atoms with Crippen LogP contribution in [0.25, 0.3) is 0 Å². The third-order valence-corrected chi connectivity index (χ3v) is 2.58. The summed E-state index contributed by atoms with van der Waals surface area (Å²) in [5, 5.41) is 3.14. The zero-order valence-corrected chi connectivity index (χ0v) is 10.2. The standard InChI is InChI=1S/C11H15N5O2/c1-3-7(9-12-4-5-13-9)16-10-8(18-2)11(17)15-6-14-10/h4-7H,3H2,1-2H3,(H,12,13)(H2,14,15,16,17). The smallest absolute Gasteiger partial charge is 0.295 e. The molecule has 2 aromatic rings. The van der Waals surface area contributed by atoms with Crippen LogP contribution >= 0.6 is 0 Å². The zero-order chi connectivity index (χ0) is 13.0. The van der Waals surface area contributed by atoms with Crippen molar-refractivity contribution in [2.24, 2.45) is 0 Å². The Morgan fingerprint density at radius 3 is 2.89 bits per heavy atom. The van der Waals surface area contributed by atoms with E-state index in [1.165, 1.54) is 13.4 Å². The highest BCUT2D eigenvalue weighted by Crippen LogP contribution is 2.22. The molecule has 0 aliphatic heterocycles. The Bertz CT molecular complexity index is 549. The van der Waals surface area contributed by atoms with Gasteiger partial charge in [0.15, 0.2) is 5.82 Å². The molecular weight excluding hydrogens is 234 g/mol. The molecular formula is C11H15N5O2. The summed E-state index contributed by atoms with van der Waals surface area (Å²) in [4.78, 5) is 25.3. The van der Waals surface area contributed by atoms with E-state index in [4.69, 9.17) is 4.74 Å². The van der Waals surface area contributed by atoms with Crippen LogP contribution in [-0.4, -0.2) is 27.0 Å². The van der Waals surface area contributed by atoms with Gasteiger partial charge in [-0.15, -0.1) is 0 Å². The maximum Gasteiger partial charge on any atom is 0.295 e. The summed E-state index contributed by atoms with van der Waals surface area (Å²) < 4.78 is 5.04. The number of H-pyrrole nitrogens is 2. The van der Waals surface area contributed by atoms with E-state index in [0.29, 0.717) is 5.82 Å². The SMILES string of the molecule is CCC(Nc1nc[nH]c(=O)c1OC)c1ncc[nH]1. The number of aromatic nitrogens is 4. The highest BCUT2D eigenvalue weighted by Gasteiger charge is 2.16. The van der Waals surface area contributed by atoms with Crippen LogP contribution in [-0.2, 0) is 0 Å². The first kappa shape index (κ1) is 12.2. The van der Waals surface area contributed by atoms with E-state index in [-0.39, 0.29) is 17.4 Å². The first-order valence-corrected chi connectivity index (χ1v) is 5.63. The van der Waals surface area contributed by atoms with Crippen LogP contribution in [0.2, 0.25) is 0 Å². The summed E-state index contributed by atoms with van der Waals surface area (Å²) >= 11 is 0. The molecule has 1 atom stereocenters. The molecule has 2 heterocycles. The number of anilines is 1. The second-order valence-electron chi connectivity index (χ2n) is 3.69. The lowest BCUT2D eigenvalue weighted by molar-refractivity contribution is 0.407. The summed E-state index contributed by atoms with van der Waals surface area (Å²) in [6.07, 6.45) is 5.57. The Kier molecular flexibility index (Phi) is 3.61. The van der Waals surface area contributed by atoms with Crippen molar-refractivity contribution in [3.8, 4) is 5.75 Å². The fraction of sp³-hybridized carbons (Fsp3) is 0.364. The van der Waals surface area contributed by atoms with Gasteiger partial charge in [-0.3, -0.25) is 4.79 Å². The summed E-state index contributed by atoms with van der Waals surface area (Å²) in [5.74, 6) is 1.37. The molecule has 3 N–H and O–H groups in total. The lowest BCUT2D eigenvalue weighted by Gasteiger charge is -2.16. The van der Waals surface area contributed by atoms with E-state index in [1.54, 1.807) is 12.4 Å². The van der Waals surface area contributed by atoms with E-state index in [0.717, 1.165) is 12.2 Å². The van der Waals surface area contributed by atoms with Crippen molar-refractivity contribution in [3.63, 3.8) is 0 Å². The first-order valence-electron chi connectivity index (χ1n) is 5.63. The van der Waals surface area contributed by atoms with Gasteiger partial charge in [-0.2, -0.15) is 0 Å². The van der Waals surface area contributed by atoms with E-state index >= 15 is 0 Å². The van der Waals surface area contributed by atoms with Crippen molar-refractivity contribution in [1.29, 1.82) is 0 Å². The molecule has 0 aromatic carbocycles. The lowest BCUT2D eigenvalue weighted by Crippen LogP contribution is -2.17. The predicted molar refractivity (Wildman–Crippen MR) is 66.7 cm³/mol. The van der Waals surface area contributed by atoms with Crippen LogP contribution in [0.15, 0.2) is 23.5 Å². The fourth-order valence-electron chi connectivity index (χ4n) is 1.68. The number of nitrogens with zero attached hydrogens (tertiary/aromatic N) is 2. The molecule has 7 nitrogen and oxygen atoms in total. The molecule has 0 aliphatic rings. The molecule has 0 saturated heterocycles. The van der Waals surface area contributed by atoms with Crippen LogP contribution < -0.4 is 15.6 Å². The molecule has 1 unspecified atom stereocenters. The summed E-state index contributed by atoms with van der Waals surface area (Å²) in [7, 11) is 1.44. The van der Waals surface area contributed by atoms with Gasteiger partial charge < -0.3 is 20.0 Å². The quantitative estimate of drug-likeness (QED) is 0.736. The Hall–Kier alpha value is -2.31. The van der Waals surface area contributed by atoms with Crippen LogP contribution in [0.1, 0.15) is 25.2 Å². The van der Waals surface area contributed by atoms with E-state index in [2.05, 4.69) is 25.3 Å². The molecule has 0 fully saturated rings. The largest absolute Gasteiger partial charge is 0.489 e. The van der Waals surface area contributed by atoms with Gasteiger partial charge in [-0.1, -0.05) is 6.92 Å². The summed E-state index contributed by atoms with van der Waals surface area (Å²) in [5.41, 5.74) is -0.315. The number of imidazole rings is 1. The number of methoxy groups -OCH3 is 1. The number of aromatic amines is 2. The number of hydrogen-bond acceptors (Lipinski definition) is 5. The summed E-state index contributed by atoms with van der Waals surface area (Å²) in [6, 6.07) is -0.0526. The minimum absolute atomic E-state index is 0.0526. The Labute approximate surface area is 104 Å². The van der Waals surface area contributed by atoms with Gasteiger partial charge >= 0.3 is 0 Å². The highest BCUT2D eigenvalue weighted by molar-refractivity contribution is 5.48. The van der Waals surface area contributed by atoms with E-state index in [1.807, 2.05) is 6.92 Å². The average Bonchev–Trinajstić information content (AvgIpc) is 2.89. The molecule has 18 heavy (non-hydrogen) atoms. The highest BCUT2D eigenvalue weighted by atomic mass is 16.5. The Morgan fingerprint density at radius 2 is 2.28 bits per heavy atom. The van der Waals surface area contributed by atoms with Crippen molar-refractivity contribution < 1.29 is 4.74 Å². The lowest BCUT2D eigenvalue weighted by atomic mass is 10.2. The predicted octanol–water partition coefficient (Wildman–Crippen LogP) is 1.06. The molecule has 0 amide bonds. The molecule has 96 valence electrons. The monoisotopic (exact) mass is 249 g/mol. The topological polar surface area (TPSA) is 95.7 Å². The van der Waals surface area contributed by atoms with Crippen molar-refractivity contribution in [3.05, 3.63) is 34.9 Å². The van der Waals surface area contributed by atoms with Gasteiger partial charge in [0.25, 0.3) is 5.56 Å². The number of rotatable bonds is 5. The Morgan fingerprint density at radius 1 is 1.44 bits per heavy atom. The molecule has 0 spiro atoms. The van der Waals surface area contributed by atoms with Gasteiger partial charge in [-0.05, 0) is 6.42 Å². The van der Waals surface area contributed by atoms with E-state index < -0.39 is 0 Å². The van der Waals surface area contributed by atoms with Crippen molar-refractivity contribution in [1.82, 2.24) is 19.9 Å². The number of hydrogen-bond donors (Lipinski definition) is 3. The van der Waals surface area contributed by atoms with Gasteiger partial charge in [0, 0.05) is 12.4 Å². The van der Waals surface area contributed by atoms with Crippen LogP contribution in [0.3, 0.4) is 0 Å². The maximum atomic E-state index is 11.5. The number of ether oxygens (including phenoxy) is 1. The van der Waals surface area contributed by atoms with Gasteiger partial charge in [0.2, 0.25) is 5.75 Å². The van der Waals surface area contributed by atoms with E-state index in [9.17, 15) is 4.79 Å².